The van der Waals surface area contributed by atoms with Crippen LogP contribution in [-0.4, -0.2) is 21.7 Å². The van der Waals surface area contributed by atoms with E-state index in [1.165, 1.54) is 6.92 Å². The molecule has 0 atom stereocenters. The van der Waals surface area contributed by atoms with Crippen molar-refractivity contribution >= 4 is 17.4 Å². The van der Waals surface area contributed by atoms with E-state index in [-0.39, 0.29) is 17.9 Å². The number of rotatable bonds is 5. The maximum atomic E-state index is 12.5. The second-order valence-electron chi connectivity index (χ2n) is 5.90. The molecule has 1 aromatic carbocycles. The lowest BCUT2D eigenvalue weighted by Gasteiger charge is -2.08. The third-order valence-corrected chi connectivity index (χ3v) is 3.81. The molecule has 2 heterocycles. The molecule has 2 aromatic heterocycles. The number of nitrogens with one attached hydrogen (secondary N) is 2. The van der Waals surface area contributed by atoms with Gasteiger partial charge in [0, 0.05) is 36.1 Å². The average molecular weight is 347 g/mol. The normalized spacial score (nSPS) is 10.3. The zero-order valence-electron chi connectivity index (χ0n) is 14.2. The van der Waals surface area contributed by atoms with Crippen molar-refractivity contribution in [1.29, 1.82) is 0 Å². The Kier molecular flexibility index (Phi) is 5.03. The molecule has 0 aliphatic heterocycles. The van der Waals surface area contributed by atoms with Gasteiger partial charge in [-0.05, 0) is 48.4 Å². The number of carbonyl (C=O) groups is 2. The Morgan fingerprint density at radius 1 is 1.08 bits per heavy atom. The molecule has 0 aliphatic carbocycles. The van der Waals surface area contributed by atoms with E-state index in [0.29, 0.717) is 5.56 Å². The topological polar surface area (TPSA) is 91.9 Å². The third-order valence-electron chi connectivity index (χ3n) is 3.81. The molecule has 2 N–H and O–H groups in total. The maximum Gasteiger partial charge on any atom is 0.271 e. The molecular formula is C20H17N3O3. The van der Waals surface area contributed by atoms with E-state index in [1.807, 2.05) is 12.1 Å². The van der Waals surface area contributed by atoms with Crippen LogP contribution in [0.3, 0.4) is 0 Å². The molecule has 0 saturated carbocycles. The number of pyridine rings is 2. The minimum atomic E-state index is -0.409. The van der Waals surface area contributed by atoms with Gasteiger partial charge in [0.15, 0.2) is 0 Å². The number of aromatic amines is 1. The fraction of sp³-hybridized carbons (Fsp3) is 0.100. The molecule has 3 aromatic rings. The van der Waals surface area contributed by atoms with Crippen LogP contribution in [0, 0.1) is 0 Å². The number of aromatic nitrogens is 2. The van der Waals surface area contributed by atoms with Gasteiger partial charge in [-0.2, -0.15) is 0 Å². The summed E-state index contributed by atoms with van der Waals surface area (Å²) >= 11 is 0. The minimum absolute atomic E-state index is 0.0176. The van der Waals surface area contributed by atoms with E-state index < -0.39 is 11.5 Å². The number of hydrogen-bond acceptors (Lipinski definition) is 4. The van der Waals surface area contributed by atoms with Crippen LogP contribution in [0.2, 0.25) is 0 Å². The molecule has 0 bridgehead atoms. The summed E-state index contributed by atoms with van der Waals surface area (Å²) in [6.07, 6.45) is 5.15. The molecule has 0 spiro atoms. The van der Waals surface area contributed by atoms with Crippen molar-refractivity contribution in [3.05, 3.63) is 82.5 Å². The Balaban J connectivity index is 1.86. The van der Waals surface area contributed by atoms with Crippen LogP contribution in [0.5, 0.6) is 0 Å². The van der Waals surface area contributed by atoms with Crippen LogP contribution in [0.25, 0.3) is 11.1 Å². The van der Waals surface area contributed by atoms with Crippen LogP contribution in [-0.2, 0) is 11.2 Å². The summed E-state index contributed by atoms with van der Waals surface area (Å²) in [5, 5.41) is 2.63. The Morgan fingerprint density at radius 2 is 1.85 bits per heavy atom. The van der Waals surface area contributed by atoms with Crippen LogP contribution in [0.4, 0.5) is 5.69 Å². The van der Waals surface area contributed by atoms with Gasteiger partial charge in [-0.3, -0.25) is 19.4 Å². The first kappa shape index (κ1) is 17.3. The highest BCUT2D eigenvalue weighted by atomic mass is 16.2. The first-order chi connectivity index (χ1) is 12.5. The summed E-state index contributed by atoms with van der Waals surface area (Å²) in [7, 11) is 0. The van der Waals surface area contributed by atoms with Crippen molar-refractivity contribution in [3.8, 4) is 11.1 Å². The lowest BCUT2D eigenvalue weighted by Crippen LogP contribution is -2.20. The number of ketones is 1. The number of H-pyrrole nitrogens is 1. The van der Waals surface area contributed by atoms with Gasteiger partial charge in [0.2, 0.25) is 0 Å². The number of benzene rings is 1. The Labute approximate surface area is 149 Å². The molecule has 1 amide bonds. The molecular weight excluding hydrogens is 330 g/mol. The van der Waals surface area contributed by atoms with E-state index in [4.69, 9.17) is 0 Å². The molecule has 6 nitrogen and oxygen atoms in total. The predicted octanol–water partition coefficient (Wildman–Crippen LogP) is 2.82. The van der Waals surface area contributed by atoms with Crippen molar-refractivity contribution in [2.45, 2.75) is 13.3 Å². The molecule has 26 heavy (non-hydrogen) atoms. The third kappa shape index (κ3) is 4.10. The first-order valence-corrected chi connectivity index (χ1v) is 8.06. The predicted molar refractivity (Wildman–Crippen MR) is 99.1 cm³/mol. The quantitative estimate of drug-likeness (QED) is 0.742. The van der Waals surface area contributed by atoms with Gasteiger partial charge < -0.3 is 10.3 Å². The maximum absolute atomic E-state index is 12.5. The largest absolute Gasteiger partial charge is 0.327 e. The summed E-state index contributed by atoms with van der Waals surface area (Å²) in [6.45, 7) is 1.50. The molecule has 0 fully saturated rings. The van der Waals surface area contributed by atoms with Crippen LogP contribution in [0.15, 0.2) is 65.8 Å². The Hall–Kier alpha value is -3.54. The minimum Gasteiger partial charge on any atom is -0.327 e. The molecule has 0 radical (unpaired) electrons. The summed E-state index contributed by atoms with van der Waals surface area (Å²) in [5.41, 5.74) is 2.53. The fourth-order valence-electron chi connectivity index (χ4n) is 2.59. The Morgan fingerprint density at radius 3 is 2.58 bits per heavy atom. The van der Waals surface area contributed by atoms with Crippen LogP contribution >= 0.6 is 0 Å². The zero-order valence-corrected chi connectivity index (χ0v) is 14.2. The molecule has 3 rings (SSSR count). The number of anilines is 1. The summed E-state index contributed by atoms with van der Waals surface area (Å²) in [5.74, 6) is -0.392. The zero-order chi connectivity index (χ0) is 18.5. The second kappa shape index (κ2) is 7.57. The molecule has 6 heteroatoms. The van der Waals surface area contributed by atoms with Gasteiger partial charge in [-0.1, -0.05) is 12.1 Å². The van der Waals surface area contributed by atoms with Crippen molar-refractivity contribution in [1.82, 2.24) is 9.97 Å². The summed E-state index contributed by atoms with van der Waals surface area (Å²) < 4.78 is 0. The highest BCUT2D eigenvalue weighted by Crippen LogP contribution is 2.19. The van der Waals surface area contributed by atoms with Crippen LogP contribution < -0.4 is 10.9 Å². The highest BCUT2D eigenvalue weighted by Gasteiger charge is 2.11. The highest BCUT2D eigenvalue weighted by molar-refractivity contribution is 6.04. The van der Waals surface area contributed by atoms with Crippen molar-refractivity contribution < 1.29 is 9.59 Å². The van der Waals surface area contributed by atoms with Gasteiger partial charge >= 0.3 is 0 Å². The molecule has 0 saturated heterocycles. The number of hydrogen-bond donors (Lipinski definition) is 2. The smallest absolute Gasteiger partial charge is 0.271 e. The number of nitrogens with zero attached hydrogens (tertiary/aromatic N) is 1. The van der Waals surface area contributed by atoms with E-state index in [0.717, 1.165) is 16.7 Å². The first-order valence-electron chi connectivity index (χ1n) is 8.06. The monoisotopic (exact) mass is 347 g/mol. The van der Waals surface area contributed by atoms with E-state index >= 15 is 0 Å². The van der Waals surface area contributed by atoms with Crippen molar-refractivity contribution in [3.63, 3.8) is 0 Å². The van der Waals surface area contributed by atoms with Gasteiger partial charge in [0.25, 0.3) is 11.5 Å². The lowest BCUT2D eigenvalue weighted by atomic mass is 10.1. The van der Waals surface area contributed by atoms with Gasteiger partial charge in [-0.25, -0.2) is 0 Å². The van der Waals surface area contributed by atoms with Gasteiger partial charge in [0.1, 0.15) is 11.5 Å². The van der Waals surface area contributed by atoms with Gasteiger partial charge in [-0.15, -0.1) is 0 Å². The van der Waals surface area contributed by atoms with Crippen molar-refractivity contribution in [2.75, 3.05) is 5.32 Å². The van der Waals surface area contributed by atoms with Gasteiger partial charge in [0.05, 0.1) is 0 Å². The number of carbonyl (C=O) groups excluding carboxylic acids is 2. The van der Waals surface area contributed by atoms with E-state index in [2.05, 4.69) is 15.3 Å². The standard InChI is InChI=1S/C20H17N3O3/c1-13(24)9-14-3-2-4-16(10-14)19(25)23-18-11-17(12-22-20(18)26)15-5-7-21-8-6-15/h2-8,10-12H,9H2,1H3,(H,22,26)(H,23,25). The summed E-state index contributed by atoms with van der Waals surface area (Å²) in [6, 6.07) is 12.0. The Bertz CT molecular complexity index is 1010. The van der Waals surface area contributed by atoms with Crippen molar-refractivity contribution in [2.24, 2.45) is 0 Å². The molecule has 0 aliphatic rings. The molecule has 0 unspecified atom stereocenters. The SMILES string of the molecule is CC(=O)Cc1cccc(C(=O)Nc2cc(-c3ccncc3)c[nH]c2=O)c1. The second-order valence-corrected chi connectivity index (χ2v) is 5.90. The lowest BCUT2D eigenvalue weighted by molar-refractivity contribution is -0.116. The fourth-order valence-corrected chi connectivity index (χ4v) is 2.59. The van der Waals surface area contributed by atoms with Crippen LogP contribution in [0.1, 0.15) is 22.8 Å². The van der Waals surface area contributed by atoms with E-state index in [9.17, 15) is 14.4 Å². The number of amides is 1. The molecule has 130 valence electrons. The van der Waals surface area contributed by atoms with E-state index in [1.54, 1.807) is 48.9 Å². The number of Topliss-reactive ketones (excluding diaryl/α,β-unsaturated/α-hetero) is 1. The summed E-state index contributed by atoms with van der Waals surface area (Å²) in [4.78, 5) is 42.4. The average Bonchev–Trinajstić information content (AvgIpc) is 2.64.